The van der Waals surface area contributed by atoms with E-state index in [0.717, 1.165) is 55.2 Å². The Morgan fingerprint density at radius 2 is 1.32 bits per heavy atom. The summed E-state index contributed by atoms with van der Waals surface area (Å²) in [7, 11) is 0. The van der Waals surface area contributed by atoms with Gasteiger partial charge in [-0.05, 0) is 36.1 Å². The van der Waals surface area contributed by atoms with Gasteiger partial charge in [0.1, 0.15) is 11.7 Å². The van der Waals surface area contributed by atoms with Crippen LogP contribution in [-0.2, 0) is 4.79 Å². The van der Waals surface area contributed by atoms with Gasteiger partial charge in [-0.15, -0.1) is 0 Å². The molecule has 6 heteroatoms. The minimum atomic E-state index is -0.725. The zero-order valence-corrected chi connectivity index (χ0v) is 22.7. The molecule has 0 saturated heterocycles. The van der Waals surface area contributed by atoms with Gasteiger partial charge in [-0.3, -0.25) is 4.79 Å². The van der Waals surface area contributed by atoms with E-state index in [-0.39, 0.29) is 0 Å². The molecule has 0 radical (unpaired) electrons. The van der Waals surface area contributed by atoms with E-state index in [9.17, 15) is 10.1 Å². The Kier molecular flexibility index (Phi) is 12.3. The molecule has 0 fully saturated rings. The van der Waals surface area contributed by atoms with Crippen LogP contribution < -0.4 is 9.47 Å². The molecule has 38 heavy (non-hydrogen) atoms. The van der Waals surface area contributed by atoms with Crippen molar-refractivity contribution in [2.45, 2.75) is 78.1 Å². The van der Waals surface area contributed by atoms with Gasteiger partial charge in [0.05, 0.1) is 25.1 Å². The van der Waals surface area contributed by atoms with E-state index in [2.05, 4.69) is 29.9 Å². The average Bonchev–Trinajstić information content (AvgIpc) is 2.96. The lowest BCUT2D eigenvalue weighted by Gasteiger charge is -2.10. The van der Waals surface area contributed by atoms with Crippen molar-refractivity contribution >= 4 is 5.97 Å². The minimum Gasteiger partial charge on any atom is -0.490 e. The smallest absolute Gasteiger partial charge is 0.328 e. The third-order valence-electron chi connectivity index (χ3n) is 6.48. The number of ether oxygens (including phenoxy) is 2. The van der Waals surface area contributed by atoms with E-state index in [0.29, 0.717) is 30.4 Å². The molecule has 0 amide bonds. The lowest BCUT2D eigenvalue weighted by molar-refractivity contribution is -0.137. The number of benzene rings is 2. The molecule has 200 valence electrons. The van der Waals surface area contributed by atoms with Gasteiger partial charge in [0.15, 0.2) is 11.6 Å². The predicted octanol–water partition coefficient (Wildman–Crippen LogP) is 8.18. The van der Waals surface area contributed by atoms with Gasteiger partial charge in [0, 0.05) is 5.56 Å². The van der Waals surface area contributed by atoms with Crippen LogP contribution in [0.1, 0.15) is 78.1 Å². The van der Waals surface area contributed by atoms with Gasteiger partial charge in [-0.1, -0.05) is 102 Å². The highest BCUT2D eigenvalue weighted by atomic mass is 16.5. The second kappa shape index (κ2) is 16.2. The molecule has 1 atom stereocenters. The van der Waals surface area contributed by atoms with E-state index >= 15 is 0 Å². The van der Waals surface area contributed by atoms with Crippen molar-refractivity contribution in [3.8, 4) is 40.1 Å². The van der Waals surface area contributed by atoms with E-state index in [1.165, 1.54) is 19.3 Å². The van der Waals surface area contributed by atoms with Crippen LogP contribution >= 0.6 is 0 Å². The third-order valence-corrected chi connectivity index (χ3v) is 6.48. The quantitative estimate of drug-likeness (QED) is 0.109. The standard InChI is InChI=1S/C32H39N3O3/c1-3-5-7-8-9-10-12-28(22-33)32(36)38-29-19-17-26(18-20-29)25-13-15-27(16-14-25)31-34-23-30(24-35-31)37-21-11-6-4-2/h13-20,23-24,28H,3-12,21H2,1-2H3/t28-/m0/s1. The second-order valence-corrected chi connectivity index (χ2v) is 9.56. The number of hydrogen-bond acceptors (Lipinski definition) is 6. The monoisotopic (exact) mass is 513 g/mol. The van der Waals surface area contributed by atoms with Gasteiger partial charge >= 0.3 is 5.97 Å². The van der Waals surface area contributed by atoms with Crippen molar-refractivity contribution in [2.75, 3.05) is 6.61 Å². The molecule has 3 aromatic rings. The largest absolute Gasteiger partial charge is 0.490 e. The second-order valence-electron chi connectivity index (χ2n) is 9.56. The van der Waals surface area contributed by atoms with Crippen LogP contribution in [0.2, 0.25) is 0 Å². The topological polar surface area (TPSA) is 85.1 Å². The number of unbranched alkanes of at least 4 members (excludes halogenated alkanes) is 7. The van der Waals surface area contributed by atoms with E-state index in [1.54, 1.807) is 24.5 Å². The van der Waals surface area contributed by atoms with E-state index in [1.807, 2.05) is 36.4 Å². The molecular formula is C32H39N3O3. The van der Waals surface area contributed by atoms with Crippen LogP contribution in [0.15, 0.2) is 60.9 Å². The Hall–Kier alpha value is -3.72. The lowest BCUT2D eigenvalue weighted by atomic mass is 10.0. The SMILES string of the molecule is CCCCCCCC[C@@H](C#N)C(=O)Oc1ccc(-c2ccc(-c3ncc(OCCCCC)cn3)cc2)cc1. The highest BCUT2D eigenvalue weighted by Crippen LogP contribution is 2.26. The van der Waals surface area contributed by atoms with Crippen molar-refractivity contribution in [1.29, 1.82) is 5.26 Å². The van der Waals surface area contributed by atoms with Gasteiger partial charge in [-0.2, -0.15) is 5.26 Å². The Bertz CT molecular complexity index is 1140. The van der Waals surface area contributed by atoms with Crippen molar-refractivity contribution < 1.29 is 14.3 Å². The van der Waals surface area contributed by atoms with E-state index < -0.39 is 11.9 Å². The number of carbonyl (C=O) groups is 1. The van der Waals surface area contributed by atoms with Crippen LogP contribution in [0.25, 0.3) is 22.5 Å². The molecule has 0 aliphatic carbocycles. The van der Waals surface area contributed by atoms with E-state index in [4.69, 9.17) is 9.47 Å². The molecule has 0 aliphatic heterocycles. The van der Waals surface area contributed by atoms with Gasteiger partial charge in [0.25, 0.3) is 0 Å². The Labute approximate surface area is 227 Å². The molecule has 1 aromatic heterocycles. The fraction of sp³-hybridized carbons (Fsp3) is 0.438. The van der Waals surface area contributed by atoms with Gasteiger partial charge in [0.2, 0.25) is 0 Å². The first kappa shape index (κ1) is 28.8. The maximum atomic E-state index is 12.5. The normalized spacial score (nSPS) is 11.5. The number of carbonyl (C=O) groups excluding carboxylic acids is 1. The summed E-state index contributed by atoms with van der Waals surface area (Å²) in [5, 5.41) is 9.41. The Morgan fingerprint density at radius 1 is 0.763 bits per heavy atom. The summed E-state index contributed by atoms with van der Waals surface area (Å²) >= 11 is 0. The average molecular weight is 514 g/mol. The number of nitrogens with zero attached hydrogens (tertiary/aromatic N) is 3. The highest BCUT2D eigenvalue weighted by Gasteiger charge is 2.20. The van der Waals surface area contributed by atoms with Crippen LogP contribution in [0.4, 0.5) is 0 Å². The first-order chi connectivity index (χ1) is 18.6. The van der Waals surface area contributed by atoms with Gasteiger partial charge < -0.3 is 9.47 Å². The molecule has 0 aliphatic rings. The maximum Gasteiger partial charge on any atom is 0.328 e. The third kappa shape index (κ3) is 9.30. The van der Waals surface area contributed by atoms with Gasteiger partial charge in [-0.25, -0.2) is 9.97 Å². The summed E-state index contributed by atoms with van der Waals surface area (Å²) in [5.41, 5.74) is 2.95. The fourth-order valence-corrected chi connectivity index (χ4v) is 4.16. The lowest BCUT2D eigenvalue weighted by Crippen LogP contribution is -2.19. The molecule has 0 saturated carbocycles. The van der Waals surface area contributed by atoms with Crippen molar-refractivity contribution in [3.05, 3.63) is 60.9 Å². The van der Waals surface area contributed by atoms with Crippen LogP contribution in [0.3, 0.4) is 0 Å². The fourth-order valence-electron chi connectivity index (χ4n) is 4.16. The predicted molar refractivity (Wildman–Crippen MR) is 151 cm³/mol. The summed E-state index contributed by atoms with van der Waals surface area (Å²) < 4.78 is 11.2. The highest BCUT2D eigenvalue weighted by molar-refractivity contribution is 5.78. The van der Waals surface area contributed by atoms with Crippen LogP contribution in [0.5, 0.6) is 11.5 Å². The number of aromatic nitrogens is 2. The molecule has 0 bridgehead atoms. The molecular weight excluding hydrogens is 474 g/mol. The molecule has 0 unspecified atom stereocenters. The summed E-state index contributed by atoms with van der Waals surface area (Å²) in [5.74, 6) is 0.579. The molecule has 3 rings (SSSR count). The summed E-state index contributed by atoms with van der Waals surface area (Å²) in [6.07, 6.45) is 14.0. The number of rotatable bonds is 16. The molecule has 6 nitrogen and oxygen atoms in total. The van der Waals surface area contributed by atoms with Crippen LogP contribution in [-0.4, -0.2) is 22.5 Å². The zero-order chi connectivity index (χ0) is 27.0. The Balaban J connectivity index is 1.51. The zero-order valence-electron chi connectivity index (χ0n) is 22.7. The minimum absolute atomic E-state index is 0.448. The molecule has 2 aromatic carbocycles. The summed E-state index contributed by atoms with van der Waals surface area (Å²) in [6.45, 7) is 5.04. The number of hydrogen-bond donors (Lipinski definition) is 0. The van der Waals surface area contributed by atoms with Crippen molar-refractivity contribution in [2.24, 2.45) is 5.92 Å². The van der Waals surface area contributed by atoms with Crippen LogP contribution in [0, 0.1) is 17.2 Å². The van der Waals surface area contributed by atoms with Crippen molar-refractivity contribution in [3.63, 3.8) is 0 Å². The first-order valence-electron chi connectivity index (χ1n) is 13.9. The summed E-state index contributed by atoms with van der Waals surface area (Å²) in [4.78, 5) is 21.3. The number of esters is 1. The van der Waals surface area contributed by atoms with Crippen molar-refractivity contribution in [1.82, 2.24) is 9.97 Å². The molecule has 1 heterocycles. The Morgan fingerprint density at radius 3 is 1.95 bits per heavy atom. The molecule has 0 N–H and O–H groups in total. The summed E-state index contributed by atoms with van der Waals surface area (Å²) in [6, 6.07) is 17.5. The number of nitriles is 1. The molecule has 0 spiro atoms. The first-order valence-corrected chi connectivity index (χ1v) is 13.9. The maximum absolute atomic E-state index is 12.5.